The van der Waals surface area contributed by atoms with Crippen molar-refractivity contribution >= 4 is 11.4 Å². The zero-order valence-electron chi connectivity index (χ0n) is 16.8. The van der Waals surface area contributed by atoms with Gasteiger partial charge in [0.05, 0.1) is 22.8 Å². The fourth-order valence-corrected chi connectivity index (χ4v) is 4.08. The number of nitrogens with zero attached hydrogens (tertiary/aromatic N) is 3. The summed E-state index contributed by atoms with van der Waals surface area (Å²) in [6.45, 7) is 2.85. The van der Waals surface area contributed by atoms with Crippen LogP contribution in [-0.2, 0) is 10.2 Å². The molecule has 7 nitrogen and oxygen atoms in total. The maximum absolute atomic E-state index is 14.7. The Morgan fingerprint density at radius 1 is 1.33 bits per heavy atom. The molecule has 8 heteroatoms. The molecular formula is C22H24FN5O2. The second-order valence-electron chi connectivity index (χ2n) is 8.45. The predicted molar refractivity (Wildman–Crippen MR) is 110 cm³/mol. The summed E-state index contributed by atoms with van der Waals surface area (Å²) < 4.78 is 22.4. The van der Waals surface area contributed by atoms with Crippen LogP contribution in [-0.4, -0.2) is 45.9 Å². The predicted octanol–water partition coefficient (Wildman–Crippen LogP) is 2.30. The van der Waals surface area contributed by atoms with E-state index in [0.29, 0.717) is 31.0 Å². The second-order valence-corrected chi connectivity index (χ2v) is 8.45. The van der Waals surface area contributed by atoms with Crippen LogP contribution in [0.15, 0.2) is 36.7 Å². The Hall–Kier alpha value is -3.00. The first-order chi connectivity index (χ1) is 14.4. The van der Waals surface area contributed by atoms with Gasteiger partial charge in [0.15, 0.2) is 5.67 Å². The molecule has 156 valence electrons. The van der Waals surface area contributed by atoms with Gasteiger partial charge in [-0.1, -0.05) is 0 Å². The summed E-state index contributed by atoms with van der Waals surface area (Å²) in [5.74, 6) is 0.220. The van der Waals surface area contributed by atoms with Crippen LogP contribution in [0.3, 0.4) is 0 Å². The molecule has 2 aliphatic rings. The van der Waals surface area contributed by atoms with Gasteiger partial charge < -0.3 is 15.8 Å². The van der Waals surface area contributed by atoms with Crippen LogP contribution in [0, 0.1) is 6.92 Å². The summed E-state index contributed by atoms with van der Waals surface area (Å²) >= 11 is 0. The molecule has 0 bridgehead atoms. The van der Waals surface area contributed by atoms with Crippen LogP contribution < -0.4 is 15.8 Å². The first kappa shape index (κ1) is 19.0. The number of pyridine rings is 2. The van der Waals surface area contributed by atoms with E-state index in [2.05, 4.69) is 15.4 Å². The maximum atomic E-state index is 14.7. The number of nitrogens with two attached hydrogens (primary N) is 1. The largest absolute Gasteiger partial charge is 0.488 e. The lowest BCUT2D eigenvalue weighted by atomic mass is 10.0. The molecule has 3 aromatic heterocycles. The standard InChI is InChI=1S/C22H24FN5O2/c1-14-8-17(18(11-26-14)30-13-21(23)5-6-25-12-21)15-2-7-28-16(9-15)10-19(27-28)22(3-4-22)20(24)29/h2,7-11,25H,3-6,12-13H2,1H3,(H2,24,29). The van der Waals surface area contributed by atoms with Gasteiger partial charge in [0, 0.05) is 24.0 Å². The van der Waals surface area contributed by atoms with Crippen LogP contribution in [0.2, 0.25) is 0 Å². The van der Waals surface area contributed by atoms with Gasteiger partial charge in [-0.25, -0.2) is 8.91 Å². The van der Waals surface area contributed by atoms with Crippen molar-refractivity contribution in [1.29, 1.82) is 0 Å². The molecular weight excluding hydrogens is 385 g/mol. The molecule has 30 heavy (non-hydrogen) atoms. The number of nitrogens with one attached hydrogen (secondary N) is 1. The molecule has 3 N–H and O–H groups in total. The second kappa shape index (κ2) is 6.77. The molecule has 0 radical (unpaired) electrons. The molecule has 1 aliphatic carbocycles. The van der Waals surface area contributed by atoms with Crippen molar-refractivity contribution in [2.75, 3.05) is 19.7 Å². The highest BCUT2D eigenvalue weighted by molar-refractivity contribution is 5.89. The van der Waals surface area contributed by atoms with E-state index in [4.69, 9.17) is 10.5 Å². The first-order valence-electron chi connectivity index (χ1n) is 10.2. The molecule has 1 atom stereocenters. The van der Waals surface area contributed by atoms with E-state index in [0.717, 1.165) is 35.2 Å². The molecule has 1 unspecified atom stereocenters. The Kier molecular flexibility index (Phi) is 4.28. The first-order valence-corrected chi connectivity index (χ1v) is 10.2. The van der Waals surface area contributed by atoms with Gasteiger partial charge in [0.1, 0.15) is 12.4 Å². The summed E-state index contributed by atoms with van der Waals surface area (Å²) in [4.78, 5) is 16.2. The maximum Gasteiger partial charge on any atom is 0.229 e. The van der Waals surface area contributed by atoms with Crippen molar-refractivity contribution in [2.45, 2.75) is 37.3 Å². The SMILES string of the molecule is Cc1cc(-c2ccn3nc(C4(C(N)=O)CC4)cc3c2)c(OCC2(F)CCNC2)cn1. The zero-order valence-corrected chi connectivity index (χ0v) is 16.8. The smallest absolute Gasteiger partial charge is 0.229 e. The number of primary amides is 1. The number of rotatable bonds is 6. The third-order valence-electron chi connectivity index (χ3n) is 6.17. The fourth-order valence-electron chi connectivity index (χ4n) is 4.08. The lowest BCUT2D eigenvalue weighted by Gasteiger charge is -2.20. The number of aryl methyl sites for hydroxylation is 1. The van der Waals surface area contributed by atoms with Gasteiger partial charge in [0.25, 0.3) is 0 Å². The van der Waals surface area contributed by atoms with Crippen LogP contribution in [0.5, 0.6) is 5.75 Å². The molecule has 1 amide bonds. The van der Waals surface area contributed by atoms with Crippen molar-refractivity contribution in [2.24, 2.45) is 5.73 Å². The average Bonchev–Trinajstić information content (AvgIpc) is 3.26. The molecule has 1 saturated carbocycles. The molecule has 3 aromatic rings. The number of halogens is 1. The molecule has 1 aliphatic heterocycles. The number of carbonyl (C=O) groups excluding carboxylic acids is 1. The van der Waals surface area contributed by atoms with Crippen molar-refractivity contribution in [3.05, 3.63) is 48.0 Å². The fraction of sp³-hybridized carbons (Fsp3) is 0.409. The third kappa shape index (κ3) is 3.21. The van der Waals surface area contributed by atoms with Gasteiger partial charge in [-0.2, -0.15) is 5.10 Å². The summed E-state index contributed by atoms with van der Waals surface area (Å²) in [6.07, 6.45) is 5.41. The van der Waals surface area contributed by atoms with Gasteiger partial charge in [0.2, 0.25) is 5.91 Å². The number of fused-ring (bicyclic) bond motifs is 1. The van der Waals surface area contributed by atoms with E-state index in [-0.39, 0.29) is 12.5 Å². The Balaban J connectivity index is 1.48. The van der Waals surface area contributed by atoms with Crippen molar-refractivity contribution in [3.8, 4) is 16.9 Å². The number of ether oxygens (including phenoxy) is 1. The van der Waals surface area contributed by atoms with E-state index in [9.17, 15) is 9.18 Å². The average molecular weight is 409 g/mol. The lowest BCUT2D eigenvalue weighted by molar-refractivity contribution is -0.120. The molecule has 0 spiro atoms. The van der Waals surface area contributed by atoms with Crippen LogP contribution >= 0.6 is 0 Å². The zero-order chi connectivity index (χ0) is 20.9. The van der Waals surface area contributed by atoms with Crippen LogP contribution in [0.1, 0.15) is 30.7 Å². The number of carbonyl (C=O) groups is 1. The van der Waals surface area contributed by atoms with Crippen molar-refractivity contribution in [3.63, 3.8) is 0 Å². The van der Waals surface area contributed by atoms with Crippen molar-refractivity contribution in [1.82, 2.24) is 19.9 Å². The molecule has 0 aromatic carbocycles. The monoisotopic (exact) mass is 409 g/mol. The quantitative estimate of drug-likeness (QED) is 0.652. The molecule has 2 fully saturated rings. The highest BCUT2D eigenvalue weighted by Crippen LogP contribution is 2.47. The number of aromatic nitrogens is 3. The number of alkyl halides is 1. The normalized spacial score (nSPS) is 22.3. The summed E-state index contributed by atoms with van der Waals surface area (Å²) in [6, 6.07) is 7.76. The Bertz CT molecular complexity index is 1130. The minimum absolute atomic E-state index is 0.0159. The summed E-state index contributed by atoms with van der Waals surface area (Å²) in [5.41, 5.74) is 7.78. The van der Waals surface area contributed by atoms with Crippen molar-refractivity contribution < 1.29 is 13.9 Å². The highest BCUT2D eigenvalue weighted by atomic mass is 19.1. The lowest BCUT2D eigenvalue weighted by Crippen LogP contribution is -2.33. The van der Waals surface area contributed by atoms with Crippen LogP contribution in [0.4, 0.5) is 4.39 Å². The van der Waals surface area contributed by atoms with Gasteiger partial charge in [-0.3, -0.25) is 9.78 Å². The van der Waals surface area contributed by atoms with E-state index in [1.165, 1.54) is 0 Å². The molecule has 1 saturated heterocycles. The number of hydrogen-bond acceptors (Lipinski definition) is 5. The number of hydrogen-bond donors (Lipinski definition) is 2. The number of amides is 1. The Morgan fingerprint density at radius 2 is 2.17 bits per heavy atom. The van der Waals surface area contributed by atoms with Crippen LogP contribution in [0.25, 0.3) is 16.6 Å². The van der Waals surface area contributed by atoms with Gasteiger partial charge >= 0.3 is 0 Å². The van der Waals surface area contributed by atoms with Gasteiger partial charge in [-0.05, 0) is 62.6 Å². The summed E-state index contributed by atoms with van der Waals surface area (Å²) in [7, 11) is 0. The van der Waals surface area contributed by atoms with E-state index < -0.39 is 11.1 Å². The molecule has 4 heterocycles. The Labute approximate surface area is 173 Å². The van der Waals surface area contributed by atoms with Gasteiger partial charge in [-0.15, -0.1) is 0 Å². The summed E-state index contributed by atoms with van der Waals surface area (Å²) in [5, 5.41) is 7.60. The topological polar surface area (TPSA) is 94.5 Å². The third-order valence-corrected chi connectivity index (χ3v) is 6.17. The van der Waals surface area contributed by atoms with E-state index >= 15 is 0 Å². The van der Waals surface area contributed by atoms with E-state index in [1.807, 2.05) is 37.4 Å². The highest BCUT2D eigenvalue weighted by Gasteiger charge is 2.52. The minimum Gasteiger partial charge on any atom is -0.488 e. The van der Waals surface area contributed by atoms with E-state index in [1.54, 1.807) is 10.7 Å². The Morgan fingerprint density at radius 3 is 2.87 bits per heavy atom. The minimum atomic E-state index is -1.36. The molecule has 5 rings (SSSR count).